The van der Waals surface area contributed by atoms with E-state index in [-0.39, 0.29) is 39.1 Å². The second-order valence-electron chi connectivity index (χ2n) is 6.36. The van der Waals surface area contributed by atoms with E-state index in [4.69, 9.17) is 9.47 Å². The first-order chi connectivity index (χ1) is 13.3. The number of ether oxygens (including phenoxy) is 2. The number of carbonyl (C=O) groups excluding carboxylic acids is 2. The molecule has 10 heteroatoms. The first-order valence-electron chi connectivity index (χ1n) is 9.55. The first-order valence-corrected chi connectivity index (χ1v) is 9.55. The minimum atomic E-state index is -0.865. The zero-order valence-corrected chi connectivity index (χ0v) is 16.8. The lowest BCUT2D eigenvalue weighted by molar-refractivity contribution is -0.144. The maximum absolute atomic E-state index is 12.5. The molecule has 158 valence electrons. The number of unbranched alkanes of at least 4 members (excludes halogenated alkanes) is 2. The molecule has 0 saturated carbocycles. The van der Waals surface area contributed by atoms with Gasteiger partial charge >= 0.3 is 29.0 Å². The summed E-state index contributed by atoms with van der Waals surface area (Å²) in [5, 5.41) is 0. The van der Waals surface area contributed by atoms with E-state index in [1.807, 2.05) is 13.8 Å². The highest BCUT2D eigenvalue weighted by Crippen LogP contribution is 1.95. The molecule has 0 amide bonds. The molecule has 28 heavy (non-hydrogen) atoms. The van der Waals surface area contributed by atoms with Gasteiger partial charge in [0.05, 0.1) is 26.1 Å². The number of hydrogen-bond acceptors (Lipinski definition) is 7. The van der Waals surface area contributed by atoms with Crippen LogP contribution in [0.15, 0.2) is 14.4 Å². The van der Waals surface area contributed by atoms with Crippen LogP contribution in [0.4, 0.5) is 0 Å². The molecular weight excluding hydrogens is 370 g/mol. The third kappa shape index (κ3) is 6.82. The molecule has 1 aromatic heterocycles. The molecule has 0 bridgehead atoms. The number of esters is 2. The van der Waals surface area contributed by atoms with Crippen molar-refractivity contribution in [3.63, 3.8) is 0 Å². The molecule has 10 nitrogen and oxygen atoms in total. The quantitative estimate of drug-likeness (QED) is 0.363. The normalized spacial score (nSPS) is 10.7. The Morgan fingerprint density at radius 1 is 0.750 bits per heavy atom. The number of nitrogens with zero attached hydrogens (tertiary/aromatic N) is 3. The molecule has 0 radical (unpaired) electrons. The summed E-state index contributed by atoms with van der Waals surface area (Å²) in [5.41, 5.74) is -2.51. The summed E-state index contributed by atoms with van der Waals surface area (Å²) in [6.07, 6.45) is 2.86. The second-order valence-corrected chi connectivity index (χ2v) is 6.36. The van der Waals surface area contributed by atoms with Gasteiger partial charge in [0.25, 0.3) is 0 Å². The van der Waals surface area contributed by atoms with Gasteiger partial charge in [-0.3, -0.25) is 9.59 Å². The van der Waals surface area contributed by atoms with Crippen LogP contribution < -0.4 is 17.1 Å². The van der Waals surface area contributed by atoms with Crippen LogP contribution in [0.1, 0.15) is 52.4 Å². The van der Waals surface area contributed by atoms with E-state index in [0.717, 1.165) is 39.4 Å². The molecule has 0 spiro atoms. The van der Waals surface area contributed by atoms with E-state index in [1.165, 1.54) is 7.05 Å². The van der Waals surface area contributed by atoms with Crippen molar-refractivity contribution in [1.82, 2.24) is 13.7 Å². The van der Waals surface area contributed by atoms with Crippen LogP contribution in [0.5, 0.6) is 0 Å². The summed E-state index contributed by atoms with van der Waals surface area (Å²) < 4.78 is 12.4. The Hall–Kier alpha value is -2.65. The van der Waals surface area contributed by atoms with Gasteiger partial charge in [-0.05, 0) is 12.8 Å². The maximum Gasteiger partial charge on any atom is 0.336 e. The van der Waals surface area contributed by atoms with Crippen LogP contribution in [-0.2, 0) is 39.2 Å². The smallest absolute Gasteiger partial charge is 0.336 e. The second kappa shape index (κ2) is 11.9. The van der Waals surface area contributed by atoms with E-state index in [2.05, 4.69) is 0 Å². The Balaban J connectivity index is 2.88. The third-order valence-corrected chi connectivity index (χ3v) is 4.10. The molecule has 0 aromatic carbocycles. The summed E-state index contributed by atoms with van der Waals surface area (Å²) in [5.74, 6) is -1.06. The van der Waals surface area contributed by atoms with Crippen LogP contribution >= 0.6 is 0 Å². The minimum Gasteiger partial charge on any atom is -0.466 e. The predicted octanol–water partition coefficient (Wildman–Crippen LogP) is 0.176. The van der Waals surface area contributed by atoms with Crippen LogP contribution in [0.3, 0.4) is 0 Å². The van der Waals surface area contributed by atoms with Gasteiger partial charge in [0.15, 0.2) is 0 Å². The molecular formula is C18H29N3O7. The molecule has 1 aromatic rings. The van der Waals surface area contributed by atoms with E-state index in [9.17, 15) is 24.0 Å². The molecule has 0 aliphatic carbocycles. The molecule has 0 unspecified atom stereocenters. The zero-order valence-electron chi connectivity index (χ0n) is 16.8. The lowest BCUT2D eigenvalue weighted by atomic mass is 10.3. The third-order valence-electron chi connectivity index (χ3n) is 4.10. The van der Waals surface area contributed by atoms with Crippen molar-refractivity contribution in [2.45, 2.75) is 65.5 Å². The Kier molecular flexibility index (Phi) is 9.97. The predicted molar refractivity (Wildman–Crippen MR) is 101 cm³/mol. The highest BCUT2D eigenvalue weighted by molar-refractivity contribution is 5.69. The minimum absolute atomic E-state index is 0.171. The van der Waals surface area contributed by atoms with Crippen molar-refractivity contribution in [2.24, 2.45) is 7.05 Å². The van der Waals surface area contributed by atoms with Crippen molar-refractivity contribution in [3.8, 4) is 0 Å². The highest BCUT2D eigenvalue weighted by Gasteiger charge is 2.16. The molecule has 0 aliphatic heterocycles. The monoisotopic (exact) mass is 399 g/mol. The van der Waals surface area contributed by atoms with Crippen LogP contribution in [0.2, 0.25) is 0 Å². The topological polar surface area (TPSA) is 119 Å². The van der Waals surface area contributed by atoms with Crippen LogP contribution in [0, 0.1) is 0 Å². The highest BCUT2D eigenvalue weighted by atomic mass is 16.5. The zero-order chi connectivity index (χ0) is 21.1. The SMILES string of the molecule is CCCCOC(=O)CCn1c(=O)n(C)c(=O)n(CCC(=O)OCCCC)c1=O. The van der Waals surface area contributed by atoms with Gasteiger partial charge in [-0.1, -0.05) is 26.7 Å². The summed E-state index contributed by atoms with van der Waals surface area (Å²) in [7, 11) is 1.23. The van der Waals surface area contributed by atoms with Crippen LogP contribution in [0.25, 0.3) is 0 Å². The Morgan fingerprint density at radius 3 is 1.50 bits per heavy atom. The summed E-state index contributed by atoms with van der Waals surface area (Å²) in [4.78, 5) is 60.4. The molecule has 0 atom stereocenters. The number of hydrogen-bond donors (Lipinski definition) is 0. The van der Waals surface area contributed by atoms with Crippen molar-refractivity contribution in [2.75, 3.05) is 13.2 Å². The number of aromatic nitrogens is 3. The fourth-order valence-corrected chi connectivity index (χ4v) is 2.35. The van der Waals surface area contributed by atoms with E-state index < -0.39 is 29.0 Å². The van der Waals surface area contributed by atoms with E-state index >= 15 is 0 Å². The Morgan fingerprint density at radius 2 is 1.14 bits per heavy atom. The van der Waals surface area contributed by atoms with E-state index in [1.54, 1.807) is 0 Å². The van der Waals surface area contributed by atoms with Crippen molar-refractivity contribution in [1.29, 1.82) is 0 Å². The van der Waals surface area contributed by atoms with Gasteiger partial charge in [-0.15, -0.1) is 0 Å². The molecule has 1 heterocycles. The standard InChI is InChI=1S/C18H29N3O7/c1-4-6-12-27-14(22)8-10-20-16(24)19(3)17(25)21(18(20)26)11-9-15(23)28-13-7-5-2/h4-13H2,1-3H3. The molecule has 0 aliphatic rings. The van der Waals surface area contributed by atoms with Crippen LogP contribution in [-0.4, -0.2) is 38.9 Å². The average molecular weight is 399 g/mol. The molecule has 1 rings (SSSR count). The van der Waals surface area contributed by atoms with Gasteiger partial charge < -0.3 is 9.47 Å². The largest absolute Gasteiger partial charge is 0.466 e. The average Bonchev–Trinajstić information content (AvgIpc) is 2.66. The fraction of sp³-hybridized carbons (Fsp3) is 0.722. The lowest BCUT2D eigenvalue weighted by Gasteiger charge is -2.11. The summed E-state index contributed by atoms with van der Waals surface area (Å²) >= 11 is 0. The summed E-state index contributed by atoms with van der Waals surface area (Å²) in [6, 6.07) is 0. The van der Waals surface area contributed by atoms with Gasteiger partial charge in [0.1, 0.15) is 0 Å². The molecule has 0 saturated heterocycles. The van der Waals surface area contributed by atoms with Gasteiger partial charge in [-0.2, -0.15) is 0 Å². The van der Waals surface area contributed by atoms with Gasteiger partial charge in [0, 0.05) is 20.1 Å². The Labute approximate surface area is 162 Å². The number of carbonyl (C=O) groups is 2. The molecule has 0 N–H and O–H groups in total. The first kappa shape index (κ1) is 23.4. The fourth-order valence-electron chi connectivity index (χ4n) is 2.35. The van der Waals surface area contributed by atoms with Crippen molar-refractivity contribution in [3.05, 3.63) is 31.5 Å². The van der Waals surface area contributed by atoms with Gasteiger partial charge in [-0.25, -0.2) is 28.1 Å². The van der Waals surface area contributed by atoms with E-state index in [0.29, 0.717) is 0 Å². The molecule has 0 fully saturated rings. The summed E-state index contributed by atoms with van der Waals surface area (Å²) in [6.45, 7) is 4.05. The van der Waals surface area contributed by atoms with Crippen molar-refractivity contribution >= 4 is 11.9 Å². The maximum atomic E-state index is 12.5. The van der Waals surface area contributed by atoms with Crippen molar-refractivity contribution < 1.29 is 19.1 Å². The Bertz CT molecular complexity index is 771. The number of rotatable bonds is 12. The van der Waals surface area contributed by atoms with Gasteiger partial charge in [0.2, 0.25) is 0 Å². The lowest BCUT2D eigenvalue weighted by Crippen LogP contribution is -2.54.